The second-order valence-corrected chi connectivity index (χ2v) is 13.3. The molecule has 196 valence electrons. The van der Waals surface area contributed by atoms with Gasteiger partial charge in [0.25, 0.3) is 0 Å². The predicted octanol–water partition coefficient (Wildman–Crippen LogP) is 3.56. The van der Waals surface area contributed by atoms with Crippen molar-refractivity contribution >= 4 is 29.5 Å². The van der Waals surface area contributed by atoms with Crippen LogP contribution in [0, 0.1) is 11.8 Å². The first-order valence-electron chi connectivity index (χ1n) is 12.7. The predicted molar refractivity (Wildman–Crippen MR) is 139 cm³/mol. The Morgan fingerprint density at radius 3 is 2.54 bits per heavy atom. The molecule has 0 aliphatic carbocycles. The smallest absolute Gasteiger partial charge is 0.311 e. The monoisotopic (exact) mass is 506 g/mol. The van der Waals surface area contributed by atoms with E-state index >= 15 is 0 Å². The molecule has 3 aliphatic rings. The molecule has 0 aromatic carbocycles. The van der Waals surface area contributed by atoms with E-state index in [-0.39, 0.29) is 24.4 Å². The first kappa shape index (κ1) is 27.8. The van der Waals surface area contributed by atoms with Gasteiger partial charge in [-0.2, -0.15) is 0 Å². The van der Waals surface area contributed by atoms with Crippen LogP contribution < -0.4 is 0 Å². The van der Waals surface area contributed by atoms with Gasteiger partial charge in [0.1, 0.15) is 6.04 Å². The van der Waals surface area contributed by atoms with Gasteiger partial charge in [-0.3, -0.25) is 14.4 Å². The van der Waals surface area contributed by atoms with Gasteiger partial charge in [-0.15, -0.1) is 24.9 Å². The first-order valence-corrected chi connectivity index (χ1v) is 13.5. The van der Waals surface area contributed by atoms with E-state index in [0.717, 1.165) is 25.7 Å². The Hall–Kier alpha value is -1.80. The summed E-state index contributed by atoms with van der Waals surface area (Å²) in [5.41, 5.74) is -0.480. The number of ether oxygens (including phenoxy) is 1. The molecule has 3 aliphatic heterocycles. The summed E-state index contributed by atoms with van der Waals surface area (Å²) in [6.07, 6.45) is 7.45. The number of esters is 1. The van der Waals surface area contributed by atoms with Gasteiger partial charge in [-0.1, -0.05) is 12.2 Å². The average Bonchev–Trinajstić information content (AvgIpc) is 3.36. The van der Waals surface area contributed by atoms with Crippen molar-refractivity contribution in [3.63, 3.8) is 0 Å². The van der Waals surface area contributed by atoms with E-state index in [0.29, 0.717) is 19.6 Å². The minimum Gasteiger partial charge on any atom is -0.465 e. The van der Waals surface area contributed by atoms with Crippen LogP contribution in [0.25, 0.3) is 0 Å². The SMILES string of the molecule is C=CCCCCOC(=O)[C@H]1[C@H]2C(=O)N([C@H](C)CO)C(C(=O)N(CC=C)C(C)(C)C)C23CC[C@]1(C)S3. The molecule has 6 atom stereocenters. The highest BCUT2D eigenvalue weighted by Crippen LogP contribution is 2.71. The van der Waals surface area contributed by atoms with Gasteiger partial charge < -0.3 is 19.6 Å². The molecule has 1 spiro atoms. The highest BCUT2D eigenvalue weighted by atomic mass is 32.2. The summed E-state index contributed by atoms with van der Waals surface area (Å²) < 4.78 is 4.51. The van der Waals surface area contributed by atoms with Crippen molar-refractivity contribution in [2.24, 2.45) is 11.8 Å². The van der Waals surface area contributed by atoms with Crippen LogP contribution in [0.2, 0.25) is 0 Å². The zero-order chi connectivity index (χ0) is 26.2. The minimum atomic E-state index is -0.751. The number of nitrogens with zero attached hydrogens (tertiary/aromatic N) is 2. The molecule has 2 bridgehead atoms. The van der Waals surface area contributed by atoms with Crippen molar-refractivity contribution in [3.8, 4) is 0 Å². The number of hydrogen-bond acceptors (Lipinski definition) is 6. The number of likely N-dealkylation sites (tertiary alicyclic amines) is 1. The molecule has 0 saturated carbocycles. The third kappa shape index (κ3) is 4.68. The number of aliphatic hydroxyl groups excluding tert-OH is 1. The Morgan fingerprint density at radius 1 is 1.29 bits per heavy atom. The van der Waals surface area contributed by atoms with Gasteiger partial charge in [0, 0.05) is 16.8 Å². The van der Waals surface area contributed by atoms with Gasteiger partial charge in [0.05, 0.1) is 35.8 Å². The van der Waals surface area contributed by atoms with Crippen LogP contribution in [0.3, 0.4) is 0 Å². The number of amides is 2. The van der Waals surface area contributed by atoms with Gasteiger partial charge in [-0.05, 0) is 66.7 Å². The molecular weight excluding hydrogens is 464 g/mol. The van der Waals surface area contributed by atoms with E-state index in [2.05, 4.69) is 13.2 Å². The first-order chi connectivity index (χ1) is 16.4. The molecule has 3 rings (SSSR count). The third-order valence-corrected chi connectivity index (χ3v) is 9.86. The fourth-order valence-corrected chi connectivity index (χ4v) is 8.51. The van der Waals surface area contributed by atoms with Crippen LogP contribution in [-0.4, -0.2) is 79.6 Å². The highest BCUT2D eigenvalue weighted by Gasteiger charge is 2.78. The largest absolute Gasteiger partial charge is 0.465 e. The number of carbonyl (C=O) groups is 3. The zero-order valence-corrected chi connectivity index (χ0v) is 22.7. The summed E-state index contributed by atoms with van der Waals surface area (Å²) in [5.74, 6) is -1.96. The molecule has 0 radical (unpaired) electrons. The molecule has 2 unspecified atom stereocenters. The molecule has 3 heterocycles. The number of fused-ring (bicyclic) bond motifs is 1. The average molecular weight is 507 g/mol. The van der Waals surface area contributed by atoms with E-state index in [1.807, 2.05) is 33.8 Å². The van der Waals surface area contributed by atoms with Gasteiger partial charge in [-0.25, -0.2) is 0 Å². The second kappa shape index (κ2) is 10.3. The third-order valence-electron chi connectivity index (χ3n) is 7.88. The Morgan fingerprint density at radius 2 is 1.97 bits per heavy atom. The lowest BCUT2D eigenvalue weighted by Crippen LogP contribution is -2.60. The molecule has 3 saturated heterocycles. The lowest BCUT2D eigenvalue weighted by molar-refractivity contribution is -0.156. The number of rotatable bonds is 11. The topological polar surface area (TPSA) is 87.1 Å². The number of thioether (sulfide) groups is 1. The summed E-state index contributed by atoms with van der Waals surface area (Å²) >= 11 is 1.62. The van der Waals surface area contributed by atoms with Crippen LogP contribution in [0.4, 0.5) is 0 Å². The van der Waals surface area contributed by atoms with Crippen molar-refractivity contribution in [2.75, 3.05) is 19.8 Å². The number of allylic oxidation sites excluding steroid dienone is 1. The van der Waals surface area contributed by atoms with Crippen molar-refractivity contribution < 1.29 is 24.2 Å². The molecule has 0 aromatic rings. The zero-order valence-electron chi connectivity index (χ0n) is 21.9. The van der Waals surface area contributed by atoms with Crippen molar-refractivity contribution in [1.82, 2.24) is 9.80 Å². The summed E-state index contributed by atoms with van der Waals surface area (Å²) in [6.45, 7) is 17.7. The highest BCUT2D eigenvalue weighted by molar-refractivity contribution is 8.02. The number of unbranched alkanes of at least 4 members (excludes halogenated alkanes) is 2. The molecule has 8 heteroatoms. The quantitative estimate of drug-likeness (QED) is 0.262. The summed E-state index contributed by atoms with van der Waals surface area (Å²) in [7, 11) is 0. The van der Waals surface area contributed by atoms with Crippen LogP contribution >= 0.6 is 11.8 Å². The Balaban J connectivity index is 1.99. The summed E-state index contributed by atoms with van der Waals surface area (Å²) in [6, 6.07) is -1.29. The maximum atomic E-state index is 14.2. The van der Waals surface area contributed by atoms with E-state index in [9.17, 15) is 19.5 Å². The molecule has 7 nitrogen and oxygen atoms in total. The van der Waals surface area contributed by atoms with Crippen molar-refractivity contribution in [1.29, 1.82) is 0 Å². The molecule has 3 fully saturated rings. The van der Waals surface area contributed by atoms with E-state index in [1.54, 1.807) is 34.6 Å². The van der Waals surface area contributed by atoms with Crippen LogP contribution in [-0.2, 0) is 19.1 Å². The molecule has 2 amide bonds. The van der Waals surface area contributed by atoms with Gasteiger partial charge in [0.2, 0.25) is 11.8 Å². The Kier molecular flexibility index (Phi) is 8.17. The molecule has 0 aromatic heterocycles. The van der Waals surface area contributed by atoms with Crippen LogP contribution in [0.1, 0.15) is 66.7 Å². The maximum Gasteiger partial charge on any atom is 0.311 e. The number of aliphatic hydroxyl groups is 1. The second-order valence-electron chi connectivity index (χ2n) is 11.4. The van der Waals surface area contributed by atoms with Gasteiger partial charge >= 0.3 is 5.97 Å². The molecule has 1 N–H and O–H groups in total. The number of hydrogen-bond donors (Lipinski definition) is 1. The fourth-order valence-electron chi connectivity index (χ4n) is 6.19. The molecular formula is C27H42N2O5S. The normalized spacial score (nSPS) is 32.3. The fraction of sp³-hybridized carbons (Fsp3) is 0.741. The van der Waals surface area contributed by atoms with Crippen molar-refractivity contribution in [2.45, 2.75) is 93.8 Å². The van der Waals surface area contributed by atoms with Crippen molar-refractivity contribution in [3.05, 3.63) is 25.3 Å². The minimum absolute atomic E-state index is 0.149. The standard InChI is InChI=1S/C27H42N2O5S/c1-8-10-11-12-16-34-24(33)20-19-22(31)29(18(3)17-30)21(27(19)14-13-26(20,7)35-27)23(32)28(15-9-2)25(4,5)6/h8-9,18-21,30H,1-2,10-17H2,3-7H3/t18-,19+,20-,21?,26+,27?/m1/s1. The van der Waals surface area contributed by atoms with E-state index < -0.39 is 39.0 Å². The Labute approximate surface area is 214 Å². The van der Waals surface area contributed by atoms with E-state index in [4.69, 9.17) is 4.74 Å². The lowest BCUT2D eigenvalue weighted by Gasteiger charge is -2.43. The summed E-state index contributed by atoms with van der Waals surface area (Å²) in [5, 5.41) is 10.0. The number of carbonyl (C=O) groups excluding carboxylic acids is 3. The van der Waals surface area contributed by atoms with Gasteiger partial charge in [0.15, 0.2) is 0 Å². The van der Waals surface area contributed by atoms with Crippen LogP contribution in [0.15, 0.2) is 25.3 Å². The molecule has 35 heavy (non-hydrogen) atoms. The maximum absolute atomic E-state index is 14.2. The van der Waals surface area contributed by atoms with E-state index in [1.165, 1.54) is 0 Å². The summed E-state index contributed by atoms with van der Waals surface area (Å²) in [4.78, 5) is 44.9. The lowest BCUT2D eigenvalue weighted by atomic mass is 9.66. The Bertz CT molecular complexity index is 870. The van der Waals surface area contributed by atoms with Crippen LogP contribution in [0.5, 0.6) is 0 Å².